The van der Waals surface area contributed by atoms with Gasteiger partial charge in [0.1, 0.15) is 0 Å². The molecule has 0 aliphatic rings. The van der Waals surface area contributed by atoms with Crippen LogP contribution in [0.25, 0.3) is 0 Å². The maximum Gasteiger partial charge on any atom is 0.219 e. The standard InChI is InChI=1S/C5H6Br2N4O/c6-4-9-5(7)11(10-4)2-1-3(8)12/h1-2H2,(H2,8,12). The van der Waals surface area contributed by atoms with Crippen molar-refractivity contribution in [3.8, 4) is 0 Å². The van der Waals surface area contributed by atoms with Gasteiger partial charge in [0.2, 0.25) is 10.6 Å². The Balaban J connectivity index is 2.62. The van der Waals surface area contributed by atoms with Gasteiger partial charge in [-0.2, -0.15) is 4.98 Å². The van der Waals surface area contributed by atoms with Gasteiger partial charge in [0.15, 0.2) is 4.73 Å². The molecule has 0 saturated heterocycles. The van der Waals surface area contributed by atoms with Crippen molar-refractivity contribution in [3.05, 3.63) is 9.47 Å². The molecule has 0 aromatic carbocycles. The molecule has 1 aromatic heterocycles. The number of rotatable bonds is 3. The van der Waals surface area contributed by atoms with Gasteiger partial charge in [0.25, 0.3) is 0 Å². The largest absolute Gasteiger partial charge is 0.370 e. The zero-order valence-electron chi connectivity index (χ0n) is 6.00. The lowest BCUT2D eigenvalue weighted by atomic mass is 10.4. The van der Waals surface area contributed by atoms with Crippen molar-refractivity contribution in [2.45, 2.75) is 13.0 Å². The number of amides is 1. The van der Waals surface area contributed by atoms with E-state index in [1.54, 1.807) is 4.68 Å². The van der Waals surface area contributed by atoms with Gasteiger partial charge < -0.3 is 5.73 Å². The predicted octanol–water partition coefficient (Wildman–Crippen LogP) is 0.678. The number of carbonyl (C=O) groups is 1. The van der Waals surface area contributed by atoms with Crippen LogP contribution in [0.15, 0.2) is 9.47 Å². The van der Waals surface area contributed by atoms with Crippen molar-refractivity contribution in [3.63, 3.8) is 0 Å². The van der Waals surface area contributed by atoms with Gasteiger partial charge in [-0.25, -0.2) is 4.68 Å². The summed E-state index contributed by atoms with van der Waals surface area (Å²) in [5.41, 5.74) is 4.97. The van der Waals surface area contributed by atoms with E-state index in [9.17, 15) is 4.79 Å². The molecule has 1 rings (SSSR count). The summed E-state index contributed by atoms with van der Waals surface area (Å²) in [6.07, 6.45) is 0.258. The Bertz CT molecular complexity index is 298. The fourth-order valence-electron chi connectivity index (χ4n) is 0.655. The molecule has 0 aliphatic heterocycles. The van der Waals surface area contributed by atoms with Crippen LogP contribution < -0.4 is 5.73 Å². The second-order valence-electron chi connectivity index (χ2n) is 2.09. The van der Waals surface area contributed by atoms with E-state index < -0.39 is 0 Å². The zero-order valence-corrected chi connectivity index (χ0v) is 9.17. The van der Waals surface area contributed by atoms with Crippen molar-refractivity contribution >= 4 is 37.8 Å². The second-order valence-corrected chi connectivity index (χ2v) is 3.51. The van der Waals surface area contributed by atoms with E-state index in [-0.39, 0.29) is 12.3 Å². The first-order valence-electron chi connectivity index (χ1n) is 3.13. The molecule has 0 spiro atoms. The van der Waals surface area contributed by atoms with Crippen LogP contribution in [0.1, 0.15) is 6.42 Å². The molecule has 0 unspecified atom stereocenters. The fraction of sp³-hybridized carbons (Fsp3) is 0.400. The molecule has 66 valence electrons. The van der Waals surface area contributed by atoms with E-state index in [0.717, 1.165) is 0 Å². The van der Waals surface area contributed by atoms with Crippen LogP contribution in [0.5, 0.6) is 0 Å². The summed E-state index contributed by atoms with van der Waals surface area (Å²) < 4.78 is 2.61. The molecule has 0 aliphatic carbocycles. The number of nitrogens with zero attached hydrogens (tertiary/aromatic N) is 3. The fourth-order valence-corrected chi connectivity index (χ4v) is 1.68. The number of halogens is 2. The molecule has 2 N–H and O–H groups in total. The van der Waals surface area contributed by atoms with Crippen LogP contribution in [-0.4, -0.2) is 20.7 Å². The maximum absolute atomic E-state index is 10.4. The van der Waals surface area contributed by atoms with Crippen LogP contribution >= 0.6 is 31.9 Å². The lowest BCUT2D eigenvalue weighted by molar-refractivity contribution is -0.118. The van der Waals surface area contributed by atoms with E-state index in [1.807, 2.05) is 0 Å². The van der Waals surface area contributed by atoms with E-state index in [2.05, 4.69) is 41.9 Å². The summed E-state index contributed by atoms with van der Waals surface area (Å²) in [6, 6.07) is 0. The third-order valence-electron chi connectivity index (χ3n) is 1.17. The van der Waals surface area contributed by atoms with E-state index in [1.165, 1.54) is 0 Å². The number of hydrogen-bond donors (Lipinski definition) is 1. The smallest absolute Gasteiger partial charge is 0.219 e. The summed E-state index contributed by atoms with van der Waals surface area (Å²) in [6.45, 7) is 0.439. The topological polar surface area (TPSA) is 73.8 Å². The Morgan fingerprint density at radius 3 is 2.67 bits per heavy atom. The minimum atomic E-state index is -0.353. The Hall–Kier alpha value is -0.430. The first-order chi connectivity index (χ1) is 5.59. The van der Waals surface area contributed by atoms with E-state index >= 15 is 0 Å². The van der Waals surface area contributed by atoms with Gasteiger partial charge in [0, 0.05) is 6.42 Å². The molecule has 12 heavy (non-hydrogen) atoms. The highest BCUT2D eigenvalue weighted by Crippen LogP contribution is 2.10. The maximum atomic E-state index is 10.4. The van der Waals surface area contributed by atoms with Crippen LogP contribution in [0.2, 0.25) is 0 Å². The monoisotopic (exact) mass is 296 g/mol. The normalized spacial score (nSPS) is 10.2. The quantitative estimate of drug-likeness (QED) is 0.891. The first-order valence-corrected chi connectivity index (χ1v) is 4.72. The van der Waals surface area contributed by atoms with Crippen LogP contribution in [0.3, 0.4) is 0 Å². The molecule has 5 nitrogen and oxygen atoms in total. The summed E-state index contributed by atoms with van der Waals surface area (Å²) in [7, 11) is 0. The molecular weight excluding hydrogens is 292 g/mol. The molecule has 1 heterocycles. The van der Waals surface area contributed by atoms with Gasteiger partial charge in [-0.1, -0.05) is 0 Å². The van der Waals surface area contributed by atoms with Crippen LogP contribution in [-0.2, 0) is 11.3 Å². The second kappa shape index (κ2) is 3.99. The molecule has 1 amide bonds. The molecule has 0 atom stereocenters. The lowest BCUT2D eigenvalue weighted by Gasteiger charge is -1.97. The number of nitrogens with two attached hydrogens (primary N) is 1. The molecule has 0 radical (unpaired) electrons. The average molecular weight is 298 g/mol. The molecular formula is C5H6Br2N4O. The Morgan fingerprint density at radius 2 is 2.25 bits per heavy atom. The van der Waals surface area contributed by atoms with Gasteiger partial charge in [-0.15, -0.1) is 5.10 Å². The highest BCUT2D eigenvalue weighted by molar-refractivity contribution is 9.11. The summed E-state index contributed by atoms with van der Waals surface area (Å²) >= 11 is 6.28. The molecule has 1 aromatic rings. The predicted molar refractivity (Wildman–Crippen MR) is 49.2 cm³/mol. The molecule has 0 fully saturated rings. The number of carbonyl (C=O) groups excluding carboxylic acids is 1. The highest BCUT2D eigenvalue weighted by Gasteiger charge is 2.05. The SMILES string of the molecule is NC(=O)CCn1nc(Br)nc1Br. The highest BCUT2D eigenvalue weighted by atomic mass is 79.9. The lowest BCUT2D eigenvalue weighted by Crippen LogP contribution is -2.14. The zero-order chi connectivity index (χ0) is 9.14. The van der Waals surface area contributed by atoms with Crippen molar-refractivity contribution in [1.82, 2.24) is 14.8 Å². The van der Waals surface area contributed by atoms with Crippen LogP contribution in [0.4, 0.5) is 0 Å². The summed E-state index contributed by atoms with van der Waals surface area (Å²) in [5.74, 6) is -0.353. The van der Waals surface area contributed by atoms with Crippen molar-refractivity contribution in [2.24, 2.45) is 5.73 Å². The van der Waals surface area contributed by atoms with Gasteiger partial charge in [-0.3, -0.25) is 4.79 Å². The third kappa shape index (κ3) is 2.56. The molecule has 7 heteroatoms. The van der Waals surface area contributed by atoms with Gasteiger partial charge in [0.05, 0.1) is 6.54 Å². The number of aryl methyl sites for hydroxylation is 1. The number of aromatic nitrogens is 3. The summed E-state index contributed by atoms with van der Waals surface area (Å²) in [4.78, 5) is 14.3. The molecule has 0 bridgehead atoms. The number of primary amides is 1. The third-order valence-corrected chi connectivity index (χ3v) is 2.09. The van der Waals surface area contributed by atoms with E-state index in [4.69, 9.17) is 5.73 Å². The minimum absolute atomic E-state index is 0.258. The van der Waals surface area contributed by atoms with Crippen LogP contribution in [0, 0.1) is 0 Å². The first kappa shape index (κ1) is 9.66. The van der Waals surface area contributed by atoms with Gasteiger partial charge in [-0.05, 0) is 31.9 Å². The Kier molecular flexibility index (Phi) is 3.21. The molecule has 0 saturated carbocycles. The average Bonchev–Trinajstić information content (AvgIpc) is 2.26. The van der Waals surface area contributed by atoms with Crippen molar-refractivity contribution in [1.29, 1.82) is 0 Å². The summed E-state index contributed by atoms with van der Waals surface area (Å²) in [5, 5.41) is 3.95. The Labute approximate surface area is 85.6 Å². The van der Waals surface area contributed by atoms with Crippen molar-refractivity contribution < 1.29 is 4.79 Å². The Morgan fingerprint density at radius 1 is 1.58 bits per heavy atom. The van der Waals surface area contributed by atoms with Crippen molar-refractivity contribution in [2.75, 3.05) is 0 Å². The van der Waals surface area contributed by atoms with E-state index in [0.29, 0.717) is 16.0 Å². The number of hydrogen-bond acceptors (Lipinski definition) is 3. The van der Waals surface area contributed by atoms with Gasteiger partial charge >= 0.3 is 0 Å². The minimum Gasteiger partial charge on any atom is -0.370 e.